The third kappa shape index (κ3) is 13.5. The average molecular weight is 397 g/mol. The van der Waals surface area contributed by atoms with Gasteiger partial charge in [0.25, 0.3) is 0 Å². The monoisotopic (exact) mass is 396 g/mol. The second-order valence-electron chi connectivity index (χ2n) is 8.77. The van der Waals surface area contributed by atoms with Gasteiger partial charge in [0.15, 0.2) is 0 Å². The summed E-state index contributed by atoms with van der Waals surface area (Å²) in [5.41, 5.74) is 0.350. The summed E-state index contributed by atoms with van der Waals surface area (Å²) in [6.07, 6.45) is 9.94. The van der Waals surface area contributed by atoms with Crippen molar-refractivity contribution in [2.24, 2.45) is 0 Å². The van der Waals surface area contributed by atoms with Gasteiger partial charge >= 0.3 is 0 Å². The Labute approximate surface area is 172 Å². The molecule has 0 heterocycles. The Bertz CT molecular complexity index is 511. The van der Waals surface area contributed by atoms with Crippen LogP contribution in [0.4, 0.5) is 0 Å². The van der Waals surface area contributed by atoms with Gasteiger partial charge in [-0.3, -0.25) is 9.59 Å². The number of ketones is 1. The van der Waals surface area contributed by atoms with Crippen molar-refractivity contribution in [3.8, 4) is 0 Å². The van der Waals surface area contributed by atoms with Crippen LogP contribution >= 0.6 is 0 Å². The number of allylic oxidation sites excluding steroid dienone is 2. The second kappa shape index (κ2) is 14.4. The highest BCUT2D eigenvalue weighted by atomic mass is 16.1. The van der Waals surface area contributed by atoms with E-state index in [0.29, 0.717) is 18.5 Å². The van der Waals surface area contributed by atoms with Crippen LogP contribution in [0.3, 0.4) is 0 Å². The fraction of sp³-hybridized carbons (Fsp3) is 0.727. The van der Waals surface area contributed by atoms with E-state index in [-0.39, 0.29) is 5.78 Å². The van der Waals surface area contributed by atoms with E-state index in [9.17, 15) is 9.59 Å². The number of carbonyl (C=O) groups is 2. The molecule has 0 amide bonds. The largest absolute Gasteiger partial charge is 0.385 e. The van der Waals surface area contributed by atoms with Crippen LogP contribution in [0.25, 0.3) is 0 Å². The minimum absolute atomic E-state index is 0.182. The fourth-order valence-electron chi connectivity index (χ4n) is 2.86. The lowest BCUT2D eigenvalue weighted by atomic mass is 10.2. The Kier molecular flexibility index (Phi) is 13.5. The van der Waals surface area contributed by atoms with Gasteiger partial charge in [0.1, 0.15) is 6.29 Å². The Morgan fingerprint density at radius 1 is 0.857 bits per heavy atom. The van der Waals surface area contributed by atoms with Gasteiger partial charge in [-0.15, -0.1) is 0 Å². The summed E-state index contributed by atoms with van der Waals surface area (Å²) in [5, 5.41) is 6.31. The van der Waals surface area contributed by atoms with Gasteiger partial charge in [-0.2, -0.15) is 0 Å². The average Bonchev–Trinajstić information content (AvgIpc) is 2.63. The van der Waals surface area contributed by atoms with Crippen LogP contribution in [0, 0.1) is 0 Å². The molecule has 0 aliphatic heterocycles. The van der Waals surface area contributed by atoms with E-state index in [1.54, 1.807) is 6.20 Å². The zero-order valence-electron chi connectivity index (χ0n) is 19.1. The van der Waals surface area contributed by atoms with Crippen LogP contribution in [0.15, 0.2) is 24.0 Å². The summed E-state index contributed by atoms with van der Waals surface area (Å²) in [5.74, 6) is -0.182. The number of hydrogen-bond acceptors (Lipinski definition) is 4. The predicted molar refractivity (Wildman–Crippen MR) is 118 cm³/mol. The summed E-state index contributed by atoms with van der Waals surface area (Å²) in [7, 11) is 8.82. The van der Waals surface area contributed by atoms with Crippen molar-refractivity contribution in [2.75, 3.05) is 67.5 Å². The first-order valence-corrected chi connectivity index (χ1v) is 10.6. The lowest BCUT2D eigenvalue weighted by molar-refractivity contribution is -0.889. The molecule has 0 aromatic heterocycles. The molecular weight excluding hydrogens is 352 g/mol. The maximum atomic E-state index is 12.3. The Morgan fingerprint density at radius 3 is 1.89 bits per heavy atom. The summed E-state index contributed by atoms with van der Waals surface area (Å²) >= 11 is 0. The molecule has 2 N–H and O–H groups in total. The molecule has 0 saturated heterocycles. The molecule has 6 nitrogen and oxygen atoms in total. The van der Waals surface area contributed by atoms with Crippen molar-refractivity contribution in [1.29, 1.82) is 0 Å². The quantitative estimate of drug-likeness (QED) is 0.171. The van der Waals surface area contributed by atoms with Crippen LogP contribution in [0.5, 0.6) is 0 Å². The molecule has 0 fully saturated rings. The fourth-order valence-corrected chi connectivity index (χ4v) is 2.86. The third-order valence-corrected chi connectivity index (χ3v) is 4.98. The minimum atomic E-state index is -0.182. The van der Waals surface area contributed by atoms with Crippen LogP contribution in [-0.2, 0) is 9.59 Å². The van der Waals surface area contributed by atoms with Crippen LogP contribution < -0.4 is 10.6 Å². The highest BCUT2D eigenvalue weighted by molar-refractivity contribution is 6.05. The number of nitrogens with zero attached hydrogens (tertiary/aromatic N) is 2. The normalized spacial score (nSPS) is 13.0. The van der Waals surface area contributed by atoms with E-state index in [4.69, 9.17) is 0 Å². The summed E-state index contributed by atoms with van der Waals surface area (Å²) < 4.78 is 1.86. The highest BCUT2D eigenvalue weighted by Gasteiger charge is 2.15. The number of likely N-dealkylation sites (N-methyl/N-ethyl adjacent to an activating group) is 2. The zero-order valence-corrected chi connectivity index (χ0v) is 19.1. The number of quaternary nitrogens is 2. The number of hydrogen-bond donors (Lipinski definition) is 2. The van der Waals surface area contributed by atoms with Crippen LogP contribution in [0.1, 0.15) is 39.5 Å². The number of nitrogens with one attached hydrogen (secondary N) is 2. The summed E-state index contributed by atoms with van der Waals surface area (Å²) in [6, 6.07) is 0. The number of aldehydes is 1. The van der Waals surface area contributed by atoms with Crippen molar-refractivity contribution in [3.05, 3.63) is 24.0 Å². The summed E-state index contributed by atoms with van der Waals surface area (Å²) in [4.78, 5) is 23.2. The van der Waals surface area contributed by atoms with Crippen molar-refractivity contribution in [1.82, 2.24) is 10.6 Å². The van der Waals surface area contributed by atoms with Gasteiger partial charge in [-0.05, 0) is 12.8 Å². The Hall–Kier alpha value is -1.66. The molecule has 0 rings (SSSR count). The van der Waals surface area contributed by atoms with E-state index in [1.807, 2.05) is 0 Å². The molecule has 0 unspecified atom stereocenters. The van der Waals surface area contributed by atoms with E-state index >= 15 is 0 Å². The standard InChI is InChI=1S/C22H42N4O2/c1-7-9-16-25(3,4)18-14-23-13-11-22(28)21(12-20-27)24-15-19-26(5,6)17-10-8-2/h11-13,20H,7-10,14-19H2,1-6H3/p+2. The molecule has 0 aromatic rings. The molecule has 0 aliphatic rings. The van der Waals surface area contributed by atoms with Crippen LogP contribution in [-0.4, -0.2) is 88.5 Å². The molecular formula is C22H44N4O2+2. The first-order valence-electron chi connectivity index (χ1n) is 10.6. The number of carbonyl (C=O) groups excluding carboxylic acids is 2. The lowest BCUT2D eigenvalue weighted by Gasteiger charge is -2.30. The van der Waals surface area contributed by atoms with E-state index in [0.717, 1.165) is 41.7 Å². The van der Waals surface area contributed by atoms with Gasteiger partial charge in [0.2, 0.25) is 5.78 Å². The molecule has 6 heteroatoms. The molecule has 0 saturated carbocycles. The smallest absolute Gasteiger partial charge is 0.203 e. The molecule has 0 spiro atoms. The van der Waals surface area contributed by atoms with Gasteiger partial charge in [0.05, 0.1) is 73.2 Å². The maximum absolute atomic E-state index is 12.3. The lowest BCUT2D eigenvalue weighted by Crippen LogP contribution is -2.45. The summed E-state index contributed by atoms with van der Waals surface area (Å²) in [6.45, 7) is 10.0. The van der Waals surface area contributed by atoms with Gasteiger partial charge in [0, 0.05) is 18.4 Å². The second-order valence-corrected chi connectivity index (χ2v) is 8.77. The van der Waals surface area contributed by atoms with Gasteiger partial charge in [-0.25, -0.2) is 0 Å². The van der Waals surface area contributed by atoms with Gasteiger partial charge < -0.3 is 19.6 Å². The maximum Gasteiger partial charge on any atom is 0.203 e. The van der Waals surface area contributed by atoms with E-state index in [2.05, 4.69) is 52.7 Å². The third-order valence-electron chi connectivity index (χ3n) is 4.98. The molecule has 28 heavy (non-hydrogen) atoms. The topological polar surface area (TPSA) is 58.2 Å². The predicted octanol–water partition coefficient (Wildman–Crippen LogP) is 2.08. The molecule has 0 aromatic carbocycles. The molecule has 0 radical (unpaired) electrons. The number of rotatable bonds is 17. The van der Waals surface area contributed by atoms with E-state index in [1.165, 1.54) is 37.8 Å². The Morgan fingerprint density at radius 2 is 1.39 bits per heavy atom. The van der Waals surface area contributed by atoms with Crippen LogP contribution in [0.2, 0.25) is 0 Å². The number of unbranched alkanes of at least 4 members (excludes halogenated alkanes) is 2. The molecule has 0 aliphatic carbocycles. The first kappa shape index (κ1) is 26.3. The minimum Gasteiger partial charge on any atom is -0.385 e. The molecule has 0 bridgehead atoms. The van der Waals surface area contributed by atoms with Crippen molar-refractivity contribution in [2.45, 2.75) is 39.5 Å². The Balaban J connectivity index is 4.38. The highest BCUT2D eigenvalue weighted by Crippen LogP contribution is 2.02. The van der Waals surface area contributed by atoms with Crippen molar-refractivity contribution < 1.29 is 18.6 Å². The zero-order chi connectivity index (χ0) is 21.5. The van der Waals surface area contributed by atoms with Crippen molar-refractivity contribution >= 4 is 12.1 Å². The SMILES string of the molecule is CCCC[N+](C)(C)CCNC=CC(=O)C(=CC=O)NCC[N+](C)(C)CCCC. The van der Waals surface area contributed by atoms with Gasteiger partial charge in [-0.1, -0.05) is 26.7 Å². The molecule has 162 valence electrons. The van der Waals surface area contributed by atoms with Crippen molar-refractivity contribution in [3.63, 3.8) is 0 Å². The van der Waals surface area contributed by atoms with E-state index < -0.39 is 0 Å². The first-order chi connectivity index (χ1) is 13.2. The molecule has 0 atom stereocenters.